The summed E-state index contributed by atoms with van der Waals surface area (Å²) in [5.74, 6) is -0.600. The number of carbonyl (C=O) groups excluding carboxylic acids is 1. The highest BCUT2D eigenvalue weighted by Crippen LogP contribution is 2.30. The molecule has 4 heteroatoms. The van der Waals surface area contributed by atoms with Gasteiger partial charge in [-0.2, -0.15) is 0 Å². The molecule has 1 aliphatic rings. The number of ketones is 1. The molecule has 2 nitrogen and oxygen atoms in total. The fraction of sp³-hybridized carbons (Fsp3) is 0.308. The lowest BCUT2D eigenvalue weighted by molar-refractivity contribution is -0.117. The standard InChI is InChI=1S/C13H12BrFO2/c14-8-5-6-9(11(15)7-8)13(17)10-3-1-2-4-12(10)16/h3,5-7,13,17H,1-2,4H2. The van der Waals surface area contributed by atoms with Crippen LogP contribution in [0.5, 0.6) is 0 Å². The van der Waals surface area contributed by atoms with Gasteiger partial charge in [0.2, 0.25) is 0 Å². The van der Waals surface area contributed by atoms with Gasteiger partial charge >= 0.3 is 0 Å². The van der Waals surface area contributed by atoms with Crippen molar-refractivity contribution >= 4 is 21.7 Å². The predicted molar refractivity (Wildman–Crippen MR) is 66.0 cm³/mol. The molecule has 1 unspecified atom stereocenters. The highest BCUT2D eigenvalue weighted by Gasteiger charge is 2.24. The molecule has 0 aromatic heterocycles. The maximum atomic E-state index is 13.7. The van der Waals surface area contributed by atoms with Crippen LogP contribution in [0.4, 0.5) is 4.39 Å². The Labute approximate surface area is 107 Å². The van der Waals surface area contributed by atoms with Crippen LogP contribution in [0.15, 0.2) is 34.3 Å². The first-order valence-electron chi connectivity index (χ1n) is 5.46. The van der Waals surface area contributed by atoms with Gasteiger partial charge in [0.25, 0.3) is 0 Å². The van der Waals surface area contributed by atoms with E-state index in [-0.39, 0.29) is 11.3 Å². The molecule has 0 heterocycles. The summed E-state index contributed by atoms with van der Waals surface area (Å²) < 4.78 is 14.3. The van der Waals surface area contributed by atoms with Gasteiger partial charge in [-0.1, -0.05) is 28.1 Å². The van der Waals surface area contributed by atoms with E-state index in [1.54, 1.807) is 12.1 Å². The zero-order chi connectivity index (χ0) is 12.4. The lowest BCUT2D eigenvalue weighted by Crippen LogP contribution is -2.15. The Morgan fingerprint density at radius 3 is 2.82 bits per heavy atom. The van der Waals surface area contributed by atoms with Crippen LogP contribution in [-0.4, -0.2) is 10.9 Å². The Bertz CT molecular complexity index is 482. The Balaban J connectivity index is 2.33. The second-order valence-electron chi connectivity index (χ2n) is 4.04. The van der Waals surface area contributed by atoms with Crippen LogP contribution in [0, 0.1) is 5.82 Å². The van der Waals surface area contributed by atoms with Crippen LogP contribution < -0.4 is 0 Å². The van der Waals surface area contributed by atoms with E-state index in [1.807, 2.05) is 0 Å². The summed E-state index contributed by atoms with van der Waals surface area (Å²) in [6.45, 7) is 0. The molecule has 0 saturated heterocycles. The number of carbonyl (C=O) groups is 1. The van der Waals surface area contributed by atoms with Crippen molar-refractivity contribution in [2.45, 2.75) is 25.4 Å². The van der Waals surface area contributed by atoms with Crippen LogP contribution >= 0.6 is 15.9 Å². The molecule has 1 aromatic carbocycles. The molecule has 0 bridgehead atoms. The molecule has 0 aliphatic heterocycles. The van der Waals surface area contributed by atoms with Gasteiger partial charge in [0, 0.05) is 22.0 Å². The van der Waals surface area contributed by atoms with Crippen molar-refractivity contribution in [2.75, 3.05) is 0 Å². The lowest BCUT2D eigenvalue weighted by atomic mass is 9.90. The van der Waals surface area contributed by atoms with Crippen molar-refractivity contribution in [1.29, 1.82) is 0 Å². The third-order valence-corrected chi connectivity index (χ3v) is 3.34. The van der Waals surface area contributed by atoms with E-state index in [1.165, 1.54) is 12.1 Å². The summed E-state index contributed by atoms with van der Waals surface area (Å²) >= 11 is 3.15. The number of Topliss-reactive ketones (excluding diaryl/α,β-unsaturated/α-hetero) is 1. The SMILES string of the molecule is O=C1CCCC=C1C(O)c1ccc(Br)cc1F. The average Bonchev–Trinajstić information content (AvgIpc) is 2.29. The predicted octanol–water partition coefficient (Wildman–Crippen LogP) is 3.30. The van der Waals surface area contributed by atoms with E-state index in [4.69, 9.17) is 0 Å². The van der Waals surface area contributed by atoms with Gasteiger partial charge in [-0.25, -0.2) is 4.39 Å². The third-order valence-electron chi connectivity index (χ3n) is 2.85. The van der Waals surface area contributed by atoms with Crippen LogP contribution in [0.3, 0.4) is 0 Å². The van der Waals surface area contributed by atoms with Gasteiger partial charge in [0.1, 0.15) is 11.9 Å². The van der Waals surface area contributed by atoms with Crippen molar-refractivity contribution in [1.82, 2.24) is 0 Å². The van der Waals surface area contributed by atoms with Gasteiger partial charge in [-0.3, -0.25) is 4.79 Å². The third kappa shape index (κ3) is 2.64. The molecule has 2 rings (SSSR count). The van der Waals surface area contributed by atoms with E-state index in [0.717, 1.165) is 12.8 Å². The minimum Gasteiger partial charge on any atom is -0.383 e. The maximum Gasteiger partial charge on any atom is 0.161 e. The van der Waals surface area contributed by atoms with Crippen molar-refractivity contribution in [2.24, 2.45) is 0 Å². The summed E-state index contributed by atoms with van der Waals surface area (Å²) in [5.41, 5.74) is 0.465. The molecule has 0 fully saturated rings. The topological polar surface area (TPSA) is 37.3 Å². The first-order chi connectivity index (χ1) is 8.09. The molecule has 1 N–H and O–H groups in total. The summed E-state index contributed by atoms with van der Waals surface area (Å²) in [4.78, 5) is 11.6. The fourth-order valence-electron chi connectivity index (χ4n) is 1.93. The quantitative estimate of drug-likeness (QED) is 0.909. The van der Waals surface area contributed by atoms with E-state index in [0.29, 0.717) is 16.5 Å². The van der Waals surface area contributed by atoms with Crippen molar-refractivity contribution < 1.29 is 14.3 Å². The number of aliphatic hydroxyl groups excluding tert-OH is 1. The number of halogens is 2. The summed E-state index contributed by atoms with van der Waals surface area (Å²) in [7, 11) is 0. The molecule has 1 aromatic rings. The molecule has 0 spiro atoms. The number of rotatable bonds is 2. The van der Waals surface area contributed by atoms with Crippen molar-refractivity contribution in [3.8, 4) is 0 Å². The van der Waals surface area contributed by atoms with E-state index in [9.17, 15) is 14.3 Å². The van der Waals surface area contributed by atoms with Gasteiger partial charge in [0.05, 0.1) is 0 Å². The first-order valence-corrected chi connectivity index (χ1v) is 6.25. The van der Waals surface area contributed by atoms with E-state index < -0.39 is 11.9 Å². The van der Waals surface area contributed by atoms with Gasteiger partial charge < -0.3 is 5.11 Å². The Morgan fingerprint density at radius 2 is 2.18 bits per heavy atom. The van der Waals surface area contributed by atoms with Crippen LogP contribution in [-0.2, 0) is 4.79 Å². The molecule has 0 saturated carbocycles. The van der Waals surface area contributed by atoms with Crippen LogP contribution in [0.1, 0.15) is 30.9 Å². The number of hydrogen-bond acceptors (Lipinski definition) is 2. The Hall–Kier alpha value is -1.00. The molecular weight excluding hydrogens is 287 g/mol. The van der Waals surface area contributed by atoms with E-state index in [2.05, 4.69) is 15.9 Å². The molecule has 0 radical (unpaired) electrons. The molecule has 1 atom stereocenters. The van der Waals surface area contributed by atoms with Gasteiger partial charge in [-0.05, 0) is 25.0 Å². The fourth-order valence-corrected chi connectivity index (χ4v) is 2.27. The van der Waals surface area contributed by atoms with E-state index >= 15 is 0 Å². The molecular formula is C13H12BrFO2. The van der Waals surface area contributed by atoms with Gasteiger partial charge in [-0.15, -0.1) is 0 Å². The number of allylic oxidation sites excluding steroid dienone is 1. The first kappa shape index (κ1) is 12.5. The Morgan fingerprint density at radius 1 is 1.41 bits per heavy atom. The highest BCUT2D eigenvalue weighted by molar-refractivity contribution is 9.10. The van der Waals surface area contributed by atoms with Gasteiger partial charge in [0.15, 0.2) is 5.78 Å². The normalized spacial score (nSPS) is 17.8. The summed E-state index contributed by atoms with van der Waals surface area (Å²) in [5, 5.41) is 10.0. The number of aliphatic hydroxyl groups is 1. The second-order valence-corrected chi connectivity index (χ2v) is 4.96. The average molecular weight is 299 g/mol. The second kappa shape index (κ2) is 5.10. The highest BCUT2D eigenvalue weighted by atomic mass is 79.9. The summed E-state index contributed by atoms with van der Waals surface area (Å²) in [6.07, 6.45) is 2.54. The lowest BCUT2D eigenvalue weighted by Gasteiger charge is -2.18. The number of hydrogen-bond donors (Lipinski definition) is 1. The minimum absolute atomic E-state index is 0.0916. The maximum absolute atomic E-state index is 13.7. The van der Waals surface area contributed by atoms with Crippen LogP contribution in [0.2, 0.25) is 0 Å². The molecule has 0 amide bonds. The Kier molecular flexibility index (Phi) is 3.74. The molecule has 90 valence electrons. The van der Waals surface area contributed by atoms with Crippen LogP contribution in [0.25, 0.3) is 0 Å². The zero-order valence-corrected chi connectivity index (χ0v) is 10.7. The van der Waals surface area contributed by atoms with Crippen molar-refractivity contribution in [3.05, 3.63) is 45.7 Å². The molecule has 1 aliphatic carbocycles. The smallest absolute Gasteiger partial charge is 0.161 e. The van der Waals surface area contributed by atoms with Crippen molar-refractivity contribution in [3.63, 3.8) is 0 Å². The monoisotopic (exact) mass is 298 g/mol. The summed E-state index contributed by atoms with van der Waals surface area (Å²) in [6, 6.07) is 4.43. The zero-order valence-electron chi connectivity index (χ0n) is 9.12. The minimum atomic E-state index is -1.16. The molecule has 17 heavy (non-hydrogen) atoms. The number of benzene rings is 1. The largest absolute Gasteiger partial charge is 0.383 e.